The second kappa shape index (κ2) is 11.0. The number of rotatable bonds is 10. The summed E-state index contributed by atoms with van der Waals surface area (Å²) in [6.45, 7) is 3.71. The van der Waals surface area contributed by atoms with Crippen LogP contribution in [0.25, 0.3) is 11.1 Å². The number of carboxylic acids is 1. The van der Waals surface area contributed by atoms with Gasteiger partial charge in [-0.05, 0) is 34.6 Å². The quantitative estimate of drug-likeness (QED) is 0.508. The molecule has 33 heavy (non-hydrogen) atoms. The van der Waals surface area contributed by atoms with Crippen molar-refractivity contribution < 1.29 is 29.0 Å². The van der Waals surface area contributed by atoms with Crippen LogP contribution in [0.3, 0.4) is 0 Å². The number of hydrogen-bond acceptors (Lipinski definition) is 5. The molecule has 2 aromatic rings. The van der Waals surface area contributed by atoms with Crippen molar-refractivity contribution >= 4 is 18.0 Å². The van der Waals surface area contributed by atoms with Gasteiger partial charge in [0.05, 0.1) is 6.61 Å². The van der Waals surface area contributed by atoms with Gasteiger partial charge in [0.15, 0.2) is 0 Å². The fourth-order valence-electron chi connectivity index (χ4n) is 4.10. The van der Waals surface area contributed by atoms with E-state index < -0.39 is 30.1 Å². The molecule has 0 spiro atoms. The Morgan fingerprint density at radius 3 is 2.03 bits per heavy atom. The van der Waals surface area contributed by atoms with Crippen LogP contribution < -0.4 is 10.6 Å². The first-order chi connectivity index (χ1) is 15.8. The summed E-state index contributed by atoms with van der Waals surface area (Å²) in [4.78, 5) is 36.6. The van der Waals surface area contributed by atoms with Gasteiger partial charge in [-0.1, -0.05) is 62.4 Å². The number of carbonyl (C=O) groups excluding carboxylic acids is 2. The summed E-state index contributed by atoms with van der Waals surface area (Å²) < 4.78 is 10.5. The third-order valence-corrected chi connectivity index (χ3v) is 5.61. The summed E-state index contributed by atoms with van der Waals surface area (Å²) >= 11 is 0. The maximum Gasteiger partial charge on any atom is 0.407 e. The summed E-state index contributed by atoms with van der Waals surface area (Å²) in [6.07, 6.45) is -0.504. The fourth-order valence-corrected chi connectivity index (χ4v) is 4.10. The number of carbonyl (C=O) groups is 3. The van der Waals surface area contributed by atoms with E-state index in [9.17, 15) is 19.5 Å². The van der Waals surface area contributed by atoms with Crippen LogP contribution in [0.15, 0.2) is 48.5 Å². The SMILES string of the molecule is COC[C@H](NC(=O)OCC1c2ccccc2-c2ccccc21)C(=O)NC(CC(C)C)C(=O)O. The maximum atomic E-state index is 12.6. The summed E-state index contributed by atoms with van der Waals surface area (Å²) in [5, 5.41) is 14.3. The Morgan fingerprint density at radius 2 is 1.52 bits per heavy atom. The van der Waals surface area contributed by atoms with Crippen molar-refractivity contribution in [3.8, 4) is 11.1 Å². The van der Waals surface area contributed by atoms with E-state index in [1.165, 1.54) is 7.11 Å². The molecule has 3 rings (SSSR count). The molecule has 0 saturated carbocycles. The van der Waals surface area contributed by atoms with Gasteiger partial charge in [-0.3, -0.25) is 4.79 Å². The lowest BCUT2D eigenvalue weighted by Gasteiger charge is -2.22. The maximum absolute atomic E-state index is 12.6. The Balaban J connectivity index is 1.64. The van der Waals surface area contributed by atoms with Crippen LogP contribution in [0.5, 0.6) is 0 Å². The minimum Gasteiger partial charge on any atom is -0.480 e. The van der Waals surface area contributed by atoms with Gasteiger partial charge in [-0.25, -0.2) is 9.59 Å². The predicted octanol–water partition coefficient (Wildman–Crippen LogP) is 3.16. The van der Waals surface area contributed by atoms with Gasteiger partial charge < -0.3 is 25.2 Å². The average molecular weight is 455 g/mol. The Bertz CT molecular complexity index is 960. The molecule has 1 aliphatic carbocycles. The Labute approximate surface area is 193 Å². The molecule has 8 nitrogen and oxygen atoms in total. The number of nitrogens with one attached hydrogen (secondary N) is 2. The molecule has 8 heteroatoms. The lowest BCUT2D eigenvalue weighted by molar-refractivity contribution is -0.142. The number of ether oxygens (including phenoxy) is 2. The molecule has 3 N–H and O–H groups in total. The second-order valence-electron chi connectivity index (χ2n) is 8.51. The summed E-state index contributed by atoms with van der Waals surface area (Å²) in [6, 6.07) is 13.8. The standard InChI is InChI=1S/C25H30N2O6/c1-15(2)12-21(24(29)30)26-23(28)22(14-32-3)27-25(31)33-13-20-18-10-6-4-8-16(18)17-9-5-7-11-19(17)20/h4-11,15,20-22H,12-14H2,1-3H3,(H,26,28)(H,27,31)(H,29,30)/t21?,22-/m0/s1. The van der Waals surface area contributed by atoms with Crippen molar-refractivity contribution in [1.29, 1.82) is 0 Å². The van der Waals surface area contributed by atoms with E-state index in [0.29, 0.717) is 0 Å². The molecule has 0 aliphatic heterocycles. The first kappa shape index (κ1) is 24.3. The zero-order chi connectivity index (χ0) is 24.0. The first-order valence-corrected chi connectivity index (χ1v) is 11.0. The number of benzene rings is 2. The number of alkyl carbamates (subject to hydrolysis) is 1. The molecule has 2 aromatic carbocycles. The van der Waals surface area contributed by atoms with Crippen LogP contribution in [0.1, 0.15) is 37.3 Å². The molecule has 0 aromatic heterocycles. The molecular weight excluding hydrogens is 424 g/mol. The van der Waals surface area contributed by atoms with E-state index in [0.717, 1.165) is 22.3 Å². The van der Waals surface area contributed by atoms with E-state index in [-0.39, 0.29) is 31.5 Å². The molecule has 0 radical (unpaired) electrons. The normalized spacial score (nSPS) is 14.2. The molecule has 1 unspecified atom stereocenters. The van der Waals surface area contributed by atoms with Gasteiger partial charge in [-0.15, -0.1) is 0 Å². The molecule has 2 amide bonds. The van der Waals surface area contributed by atoms with Gasteiger partial charge in [0.2, 0.25) is 5.91 Å². The van der Waals surface area contributed by atoms with Gasteiger partial charge >= 0.3 is 12.1 Å². The molecule has 0 heterocycles. The van der Waals surface area contributed by atoms with Crippen molar-refractivity contribution in [2.45, 2.75) is 38.3 Å². The number of amides is 2. The Morgan fingerprint density at radius 1 is 0.939 bits per heavy atom. The highest BCUT2D eigenvalue weighted by atomic mass is 16.5. The van der Waals surface area contributed by atoms with E-state index in [2.05, 4.69) is 10.6 Å². The largest absolute Gasteiger partial charge is 0.480 e. The minimum atomic E-state index is -1.13. The van der Waals surface area contributed by atoms with Crippen LogP contribution in [0.2, 0.25) is 0 Å². The third kappa shape index (κ3) is 5.90. The molecule has 176 valence electrons. The van der Waals surface area contributed by atoms with Crippen molar-refractivity contribution in [2.75, 3.05) is 20.3 Å². The van der Waals surface area contributed by atoms with Gasteiger partial charge in [0.25, 0.3) is 0 Å². The van der Waals surface area contributed by atoms with Crippen LogP contribution >= 0.6 is 0 Å². The van der Waals surface area contributed by atoms with Gasteiger partial charge in [0.1, 0.15) is 18.7 Å². The number of methoxy groups -OCH3 is 1. The zero-order valence-corrected chi connectivity index (χ0v) is 19.0. The number of aliphatic carboxylic acids is 1. The summed E-state index contributed by atoms with van der Waals surface area (Å²) in [7, 11) is 1.39. The van der Waals surface area contributed by atoms with Crippen molar-refractivity contribution in [1.82, 2.24) is 10.6 Å². The van der Waals surface area contributed by atoms with E-state index >= 15 is 0 Å². The van der Waals surface area contributed by atoms with Crippen LogP contribution in [0.4, 0.5) is 4.79 Å². The number of hydrogen-bond donors (Lipinski definition) is 3. The average Bonchev–Trinajstić information content (AvgIpc) is 3.10. The van der Waals surface area contributed by atoms with Crippen molar-refractivity contribution in [3.63, 3.8) is 0 Å². The number of carboxylic acid groups (broad SMARTS) is 1. The summed E-state index contributed by atoms with van der Waals surface area (Å²) in [5.74, 6) is -1.81. The molecule has 1 aliphatic rings. The zero-order valence-electron chi connectivity index (χ0n) is 19.0. The van der Waals surface area contributed by atoms with Gasteiger partial charge in [-0.2, -0.15) is 0 Å². The Kier molecular flexibility index (Phi) is 8.06. The van der Waals surface area contributed by atoms with Crippen LogP contribution in [0, 0.1) is 5.92 Å². The van der Waals surface area contributed by atoms with E-state index in [1.54, 1.807) is 0 Å². The van der Waals surface area contributed by atoms with Crippen LogP contribution in [-0.2, 0) is 19.1 Å². The molecular formula is C25H30N2O6. The monoisotopic (exact) mass is 454 g/mol. The number of fused-ring (bicyclic) bond motifs is 3. The molecule has 2 atom stereocenters. The van der Waals surface area contributed by atoms with E-state index in [1.807, 2.05) is 62.4 Å². The minimum absolute atomic E-state index is 0.0716. The molecule has 0 saturated heterocycles. The Hall–Kier alpha value is -3.39. The highest BCUT2D eigenvalue weighted by Gasteiger charge is 2.31. The predicted molar refractivity (Wildman–Crippen MR) is 123 cm³/mol. The third-order valence-electron chi connectivity index (χ3n) is 5.61. The first-order valence-electron chi connectivity index (χ1n) is 11.0. The smallest absolute Gasteiger partial charge is 0.407 e. The van der Waals surface area contributed by atoms with Crippen molar-refractivity contribution in [3.05, 3.63) is 59.7 Å². The van der Waals surface area contributed by atoms with Gasteiger partial charge in [0, 0.05) is 13.0 Å². The highest BCUT2D eigenvalue weighted by Crippen LogP contribution is 2.44. The lowest BCUT2D eigenvalue weighted by atomic mass is 9.98. The molecule has 0 fully saturated rings. The molecule has 0 bridgehead atoms. The van der Waals surface area contributed by atoms with Crippen LogP contribution in [-0.4, -0.2) is 55.5 Å². The fraction of sp³-hybridized carbons (Fsp3) is 0.400. The highest BCUT2D eigenvalue weighted by molar-refractivity contribution is 5.89. The van der Waals surface area contributed by atoms with E-state index in [4.69, 9.17) is 9.47 Å². The van der Waals surface area contributed by atoms with Crippen molar-refractivity contribution in [2.24, 2.45) is 5.92 Å². The second-order valence-corrected chi connectivity index (χ2v) is 8.51. The summed E-state index contributed by atoms with van der Waals surface area (Å²) in [5.41, 5.74) is 4.39. The topological polar surface area (TPSA) is 114 Å². The lowest BCUT2D eigenvalue weighted by Crippen LogP contribution is -2.53.